The van der Waals surface area contributed by atoms with Crippen LogP contribution in [0.4, 0.5) is 15.5 Å². The zero-order valence-electron chi connectivity index (χ0n) is 16.4. The number of thiophene rings is 1. The Hall–Kier alpha value is -2.94. The predicted octanol–water partition coefficient (Wildman–Crippen LogP) is 4.12. The molecular formula is C20H23N5O3S. The van der Waals surface area contributed by atoms with Gasteiger partial charge in [-0.3, -0.25) is 5.32 Å². The van der Waals surface area contributed by atoms with Gasteiger partial charge in [-0.1, -0.05) is 11.6 Å². The monoisotopic (exact) mass is 413 g/mol. The Morgan fingerprint density at radius 1 is 1.21 bits per heavy atom. The average Bonchev–Trinajstić information content (AvgIpc) is 3.13. The van der Waals surface area contributed by atoms with E-state index >= 15 is 0 Å². The molecule has 0 fully saturated rings. The molecule has 4 rings (SSSR count). The molecule has 0 bridgehead atoms. The number of aryl methyl sites for hydroxylation is 2. The standard InChI is InChI=1S/C20H23N5O3S/c1-3-28-19(26)17-13-7-5-4-6-8-16(13)29-18(17)22-20(27)21-12-9-10-15-14(11-12)23-24-25(15)2/h9-11H,3-8H2,1-2H3,(H2,21,22,27). The van der Waals surface area contributed by atoms with Crippen molar-refractivity contribution in [3.8, 4) is 0 Å². The van der Waals surface area contributed by atoms with Gasteiger partial charge in [0.2, 0.25) is 0 Å². The zero-order valence-corrected chi connectivity index (χ0v) is 17.3. The largest absolute Gasteiger partial charge is 0.462 e. The highest BCUT2D eigenvalue weighted by atomic mass is 32.1. The van der Waals surface area contributed by atoms with Crippen LogP contribution in [0.5, 0.6) is 0 Å². The minimum Gasteiger partial charge on any atom is -0.462 e. The second-order valence-corrected chi connectivity index (χ2v) is 8.09. The number of carbonyl (C=O) groups excluding carboxylic acids is 2. The molecule has 2 N–H and O–H groups in total. The topological polar surface area (TPSA) is 98.1 Å². The van der Waals surface area contributed by atoms with Gasteiger partial charge in [-0.15, -0.1) is 16.4 Å². The highest BCUT2D eigenvalue weighted by Crippen LogP contribution is 2.38. The smallest absolute Gasteiger partial charge is 0.341 e. The van der Waals surface area contributed by atoms with Gasteiger partial charge in [0.05, 0.1) is 17.7 Å². The molecule has 1 aromatic carbocycles. The summed E-state index contributed by atoms with van der Waals surface area (Å²) in [5.74, 6) is -0.372. The molecule has 3 aromatic rings. The molecule has 0 radical (unpaired) electrons. The Labute approximate surface area is 172 Å². The molecule has 0 aliphatic heterocycles. The van der Waals surface area contributed by atoms with E-state index in [-0.39, 0.29) is 5.97 Å². The number of carbonyl (C=O) groups is 2. The van der Waals surface area contributed by atoms with Crippen LogP contribution < -0.4 is 10.6 Å². The summed E-state index contributed by atoms with van der Waals surface area (Å²) in [6.07, 6.45) is 5.06. The number of anilines is 2. The van der Waals surface area contributed by atoms with Crippen LogP contribution in [0.25, 0.3) is 11.0 Å². The van der Waals surface area contributed by atoms with Crippen molar-refractivity contribution in [1.29, 1.82) is 0 Å². The second kappa shape index (κ2) is 8.20. The fourth-order valence-corrected chi connectivity index (χ4v) is 4.91. The summed E-state index contributed by atoms with van der Waals surface area (Å²) in [6.45, 7) is 2.08. The summed E-state index contributed by atoms with van der Waals surface area (Å²) in [7, 11) is 1.81. The first-order valence-electron chi connectivity index (χ1n) is 9.76. The van der Waals surface area contributed by atoms with Crippen LogP contribution in [0.3, 0.4) is 0 Å². The first-order valence-corrected chi connectivity index (χ1v) is 10.6. The van der Waals surface area contributed by atoms with Crippen molar-refractivity contribution in [3.63, 3.8) is 0 Å². The first kappa shape index (κ1) is 19.4. The van der Waals surface area contributed by atoms with E-state index in [0.29, 0.717) is 28.4 Å². The van der Waals surface area contributed by atoms with Crippen LogP contribution in [0, 0.1) is 0 Å². The summed E-state index contributed by atoms with van der Waals surface area (Å²) in [5.41, 5.74) is 3.71. The summed E-state index contributed by atoms with van der Waals surface area (Å²) in [4.78, 5) is 26.4. The Bertz CT molecular complexity index is 1070. The number of benzene rings is 1. The predicted molar refractivity (Wildman–Crippen MR) is 113 cm³/mol. The van der Waals surface area contributed by atoms with Gasteiger partial charge in [-0.05, 0) is 56.4 Å². The minimum atomic E-state index is -0.407. The molecule has 1 aliphatic carbocycles. The maximum Gasteiger partial charge on any atom is 0.341 e. The number of esters is 1. The number of amides is 2. The van der Waals surface area contributed by atoms with Crippen LogP contribution in [0.2, 0.25) is 0 Å². The van der Waals surface area contributed by atoms with E-state index in [2.05, 4.69) is 20.9 Å². The van der Waals surface area contributed by atoms with Gasteiger partial charge in [0.25, 0.3) is 0 Å². The van der Waals surface area contributed by atoms with Crippen molar-refractivity contribution in [1.82, 2.24) is 15.0 Å². The summed E-state index contributed by atoms with van der Waals surface area (Å²) in [5, 5.41) is 14.2. The normalized spacial score (nSPS) is 13.6. The third-order valence-electron chi connectivity index (χ3n) is 5.00. The van der Waals surface area contributed by atoms with Crippen molar-refractivity contribution in [2.24, 2.45) is 7.05 Å². The summed E-state index contributed by atoms with van der Waals surface area (Å²) >= 11 is 1.48. The molecule has 2 amide bonds. The third kappa shape index (κ3) is 3.95. The SMILES string of the molecule is CCOC(=O)c1c(NC(=O)Nc2ccc3c(c2)nnn3C)sc2c1CCCCC2. The molecular weight excluding hydrogens is 390 g/mol. The van der Waals surface area contributed by atoms with E-state index in [0.717, 1.165) is 43.2 Å². The van der Waals surface area contributed by atoms with E-state index < -0.39 is 6.03 Å². The number of nitrogens with one attached hydrogen (secondary N) is 2. The molecule has 0 saturated carbocycles. The quantitative estimate of drug-likeness (QED) is 0.495. The fourth-order valence-electron chi connectivity index (χ4n) is 3.63. The lowest BCUT2D eigenvalue weighted by atomic mass is 10.1. The van der Waals surface area contributed by atoms with E-state index in [1.165, 1.54) is 16.2 Å². The van der Waals surface area contributed by atoms with Gasteiger partial charge in [-0.25, -0.2) is 14.3 Å². The van der Waals surface area contributed by atoms with Gasteiger partial charge < -0.3 is 10.1 Å². The molecule has 2 aromatic heterocycles. The maximum atomic E-state index is 12.6. The Kier molecular flexibility index (Phi) is 5.48. The van der Waals surface area contributed by atoms with Gasteiger partial charge >= 0.3 is 12.0 Å². The number of aromatic nitrogens is 3. The highest BCUT2D eigenvalue weighted by molar-refractivity contribution is 7.17. The Morgan fingerprint density at radius 3 is 2.86 bits per heavy atom. The van der Waals surface area contributed by atoms with Crippen LogP contribution in [-0.2, 0) is 24.6 Å². The lowest BCUT2D eigenvalue weighted by Gasteiger charge is -2.09. The number of rotatable bonds is 4. The second-order valence-electron chi connectivity index (χ2n) is 6.98. The molecule has 0 saturated heterocycles. The maximum absolute atomic E-state index is 12.6. The van der Waals surface area contributed by atoms with E-state index in [1.54, 1.807) is 23.7 Å². The molecule has 2 heterocycles. The average molecular weight is 414 g/mol. The number of ether oxygens (including phenoxy) is 1. The van der Waals surface area contributed by atoms with Crippen LogP contribution in [0.1, 0.15) is 47.0 Å². The molecule has 0 spiro atoms. The molecule has 29 heavy (non-hydrogen) atoms. The van der Waals surface area contributed by atoms with Gasteiger partial charge in [0, 0.05) is 17.6 Å². The van der Waals surface area contributed by atoms with Crippen LogP contribution in [-0.4, -0.2) is 33.6 Å². The Morgan fingerprint density at radius 2 is 2.03 bits per heavy atom. The third-order valence-corrected chi connectivity index (χ3v) is 6.20. The summed E-state index contributed by atoms with van der Waals surface area (Å²) in [6, 6.07) is 5.00. The molecule has 0 unspecified atom stereocenters. The zero-order chi connectivity index (χ0) is 20.4. The summed E-state index contributed by atoms with van der Waals surface area (Å²) < 4.78 is 6.93. The number of hydrogen-bond acceptors (Lipinski definition) is 6. The van der Waals surface area contributed by atoms with Gasteiger partial charge in [0.15, 0.2) is 0 Å². The molecule has 8 nitrogen and oxygen atoms in total. The lowest BCUT2D eigenvalue weighted by Crippen LogP contribution is -2.20. The van der Waals surface area contributed by atoms with Crippen molar-refractivity contribution >= 4 is 45.1 Å². The van der Waals surface area contributed by atoms with Crippen molar-refractivity contribution in [2.75, 3.05) is 17.2 Å². The number of fused-ring (bicyclic) bond motifs is 2. The fraction of sp³-hybridized carbons (Fsp3) is 0.400. The molecule has 9 heteroatoms. The number of urea groups is 1. The molecule has 152 valence electrons. The lowest BCUT2D eigenvalue weighted by molar-refractivity contribution is 0.0527. The minimum absolute atomic E-state index is 0.299. The number of hydrogen-bond donors (Lipinski definition) is 2. The first-order chi connectivity index (χ1) is 14.1. The van der Waals surface area contributed by atoms with Crippen molar-refractivity contribution < 1.29 is 14.3 Å². The van der Waals surface area contributed by atoms with Crippen LogP contribution in [0.15, 0.2) is 18.2 Å². The van der Waals surface area contributed by atoms with Crippen LogP contribution >= 0.6 is 11.3 Å². The van der Waals surface area contributed by atoms with Gasteiger partial charge in [-0.2, -0.15) is 0 Å². The van der Waals surface area contributed by atoms with Crippen molar-refractivity contribution in [3.05, 3.63) is 34.2 Å². The molecule has 0 atom stereocenters. The highest BCUT2D eigenvalue weighted by Gasteiger charge is 2.26. The van der Waals surface area contributed by atoms with Crippen molar-refractivity contribution in [2.45, 2.75) is 39.0 Å². The van der Waals surface area contributed by atoms with Gasteiger partial charge in [0.1, 0.15) is 10.5 Å². The Balaban J connectivity index is 1.57. The molecule has 1 aliphatic rings. The van der Waals surface area contributed by atoms with E-state index in [4.69, 9.17) is 4.74 Å². The van der Waals surface area contributed by atoms with E-state index in [1.807, 2.05) is 13.1 Å². The number of nitrogens with zero attached hydrogens (tertiary/aromatic N) is 3. The van der Waals surface area contributed by atoms with E-state index in [9.17, 15) is 9.59 Å².